The number of anilines is 1. The van der Waals surface area contributed by atoms with Crippen LogP contribution in [0, 0.1) is 12.7 Å². The summed E-state index contributed by atoms with van der Waals surface area (Å²) in [5.74, 6) is -0.627. The summed E-state index contributed by atoms with van der Waals surface area (Å²) >= 11 is 0. The van der Waals surface area contributed by atoms with Crippen molar-refractivity contribution < 1.29 is 12.8 Å². The summed E-state index contributed by atoms with van der Waals surface area (Å²) in [5.41, 5.74) is 6.91. The van der Waals surface area contributed by atoms with Gasteiger partial charge in [-0.1, -0.05) is 11.6 Å². The Morgan fingerprint density at radius 2 is 2.06 bits per heavy atom. The lowest BCUT2D eigenvalue weighted by Crippen LogP contribution is -2.24. The fourth-order valence-electron chi connectivity index (χ4n) is 1.27. The van der Waals surface area contributed by atoms with Gasteiger partial charge in [0.15, 0.2) is 0 Å². The van der Waals surface area contributed by atoms with E-state index >= 15 is 0 Å². The molecule has 4 nitrogen and oxygen atoms in total. The third-order valence-corrected chi connectivity index (χ3v) is 3.85. The van der Waals surface area contributed by atoms with Crippen molar-refractivity contribution in [3.8, 4) is 0 Å². The van der Waals surface area contributed by atoms with Crippen molar-refractivity contribution in [2.45, 2.75) is 25.7 Å². The maximum Gasteiger partial charge on any atom is 0.241 e. The van der Waals surface area contributed by atoms with Gasteiger partial charge in [-0.3, -0.25) is 0 Å². The molecule has 6 heteroatoms. The molecule has 3 N–H and O–H groups in total. The first-order chi connectivity index (χ1) is 8.24. The highest BCUT2D eigenvalue weighted by atomic mass is 32.2. The van der Waals surface area contributed by atoms with E-state index in [0.29, 0.717) is 0 Å². The molecular weight excluding hydrogens is 255 g/mol. The molecule has 0 unspecified atom stereocenters. The molecule has 1 aromatic rings. The zero-order valence-electron chi connectivity index (χ0n) is 10.6. The molecular formula is C12H17FN2O2S. The van der Waals surface area contributed by atoms with E-state index in [1.54, 1.807) is 6.08 Å². The Hall–Kier alpha value is -1.40. The molecule has 0 aromatic heterocycles. The van der Waals surface area contributed by atoms with Gasteiger partial charge in [0.2, 0.25) is 10.0 Å². The minimum absolute atomic E-state index is 0.123. The van der Waals surface area contributed by atoms with Crippen LogP contribution in [-0.4, -0.2) is 15.0 Å². The van der Waals surface area contributed by atoms with E-state index < -0.39 is 15.8 Å². The first kappa shape index (κ1) is 14.7. The average Bonchev–Trinajstić information content (AvgIpc) is 2.24. The zero-order chi connectivity index (χ0) is 13.9. The van der Waals surface area contributed by atoms with Gasteiger partial charge in [-0.15, -0.1) is 0 Å². The van der Waals surface area contributed by atoms with Crippen LogP contribution in [0.1, 0.15) is 19.4 Å². The topological polar surface area (TPSA) is 72.2 Å². The van der Waals surface area contributed by atoms with E-state index in [0.717, 1.165) is 11.6 Å². The predicted octanol–water partition coefficient (Wildman–Crippen LogP) is 1.96. The van der Waals surface area contributed by atoms with Gasteiger partial charge in [0.1, 0.15) is 5.82 Å². The second-order valence-electron chi connectivity index (χ2n) is 4.25. The standard InChI is InChI=1S/C12H17FN2O2S/c1-8(2)4-5-15-18(16,17)10-6-11(13)9(3)12(14)7-10/h4,6-7,15H,5,14H2,1-3H3. The number of sulfonamides is 1. The van der Waals surface area contributed by atoms with Crippen molar-refractivity contribution in [1.82, 2.24) is 4.72 Å². The maximum absolute atomic E-state index is 13.4. The summed E-state index contributed by atoms with van der Waals surface area (Å²) in [4.78, 5) is -0.162. The Balaban J connectivity index is 3.03. The Morgan fingerprint density at radius 3 is 2.56 bits per heavy atom. The van der Waals surface area contributed by atoms with Crippen LogP contribution < -0.4 is 10.5 Å². The number of allylic oxidation sites excluding steroid dienone is 1. The quantitative estimate of drug-likeness (QED) is 0.650. The minimum atomic E-state index is -3.73. The van der Waals surface area contributed by atoms with Gasteiger partial charge in [-0.05, 0) is 32.9 Å². The number of rotatable bonds is 4. The molecule has 0 aliphatic rings. The molecule has 0 amide bonds. The molecule has 100 valence electrons. The van der Waals surface area contributed by atoms with Crippen LogP contribution in [0.2, 0.25) is 0 Å². The maximum atomic E-state index is 13.4. The van der Waals surface area contributed by atoms with Crippen molar-refractivity contribution in [3.05, 3.63) is 35.2 Å². The number of nitrogens with one attached hydrogen (secondary N) is 1. The predicted molar refractivity (Wildman–Crippen MR) is 70.2 cm³/mol. The van der Waals surface area contributed by atoms with Crippen LogP contribution in [-0.2, 0) is 10.0 Å². The lowest BCUT2D eigenvalue weighted by Gasteiger charge is -2.08. The highest BCUT2D eigenvalue weighted by Crippen LogP contribution is 2.20. The van der Waals surface area contributed by atoms with Gasteiger partial charge in [-0.2, -0.15) is 0 Å². The highest BCUT2D eigenvalue weighted by Gasteiger charge is 2.16. The fourth-order valence-corrected chi connectivity index (χ4v) is 2.28. The lowest BCUT2D eigenvalue weighted by molar-refractivity contribution is 0.580. The molecule has 1 rings (SSSR count). The van der Waals surface area contributed by atoms with E-state index in [2.05, 4.69) is 4.72 Å². The lowest BCUT2D eigenvalue weighted by atomic mass is 10.2. The number of halogens is 1. The van der Waals surface area contributed by atoms with Crippen LogP contribution in [0.4, 0.5) is 10.1 Å². The van der Waals surface area contributed by atoms with Gasteiger partial charge in [0.25, 0.3) is 0 Å². The average molecular weight is 272 g/mol. The molecule has 0 aliphatic carbocycles. The van der Waals surface area contributed by atoms with Gasteiger partial charge >= 0.3 is 0 Å². The van der Waals surface area contributed by atoms with Gasteiger partial charge in [0.05, 0.1) is 4.90 Å². The van der Waals surface area contributed by atoms with Crippen molar-refractivity contribution in [1.29, 1.82) is 0 Å². The number of hydrogen-bond donors (Lipinski definition) is 2. The zero-order valence-corrected chi connectivity index (χ0v) is 11.4. The molecule has 0 atom stereocenters. The molecule has 0 saturated heterocycles. The van der Waals surface area contributed by atoms with Crippen molar-refractivity contribution in [2.75, 3.05) is 12.3 Å². The summed E-state index contributed by atoms with van der Waals surface area (Å²) < 4.78 is 39.5. The molecule has 1 aromatic carbocycles. The molecule has 0 bridgehead atoms. The second-order valence-corrected chi connectivity index (χ2v) is 6.02. The molecule has 18 heavy (non-hydrogen) atoms. The smallest absolute Gasteiger partial charge is 0.241 e. The third kappa shape index (κ3) is 3.54. The Bertz CT molecular complexity index is 553. The number of nitrogens with two attached hydrogens (primary N) is 1. The van der Waals surface area contributed by atoms with Crippen LogP contribution >= 0.6 is 0 Å². The van der Waals surface area contributed by atoms with E-state index in [9.17, 15) is 12.8 Å². The number of benzene rings is 1. The molecule has 0 heterocycles. The molecule has 0 radical (unpaired) electrons. The fraction of sp³-hybridized carbons (Fsp3) is 0.333. The van der Waals surface area contributed by atoms with Gasteiger partial charge in [0, 0.05) is 17.8 Å². The first-order valence-electron chi connectivity index (χ1n) is 5.42. The number of hydrogen-bond acceptors (Lipinski definition) is 3. The second kappa shape index (κ2) is 5.49. The van der Waals surface area contributed by atoms with Gasteiger partial charge < -0.3 is 5.73 Å². The van der Waals surface area contributed by atoms with Crippen molar-refractivity contribution >= 4 is 15.7 Å². The van der Waals surface area contributed by atoms with Crippen molar-refractivity contribution in [2.24, 2.45) is 0 Å². The Kier molecular flexibility index (Phi) is 4.48. The molecule has 0 aliphatic heterocycles. The van der Waals surface area contributed by atoms with Crippen LogP contribution in [0.5, 0.6) is 0 Å². The summed E-state index contributed by atoms with van der Waals surface area (Å²) in [7, 11) is -3.73. The monoisotopic (exact) mass is 272 g/mol. The summed E-state index contributed by atoms with van der Waals surface area (Å²) in [5, 5.41) is 0. The summed E-state index contributed by atoms with van der Waals surface area (Å²) in [6, 6.07) is 2.22. The van der Waals surface area contributed by atoms with Crippen LogP contribution in [0.15, 0.2) is 28.7 Å². The highest BCUT2D eigenvalue weighted by molar-refractivity contribution is 7.89. The van der Waals surface area contributed by atoms with Crippen LogP contribution in [0.3, 0.4) is 0 Å². The normalized spacial score (nSPS) is 11.3. The minimum Gasteiger partial charge on any atom is -0.398 e. The first-order valence-corrected chi connectivity index (χ1v) is 6.91. The Morgan fingerprint density at radius 1 is 1.44 bits per heavy atom. The van der Waals surface area contributed by atoms with Crippen molar-refractivity contribution in [3.63, 3.8) is 0 Å². The largest absolute Gasteiger partial charge is 0.398 e. The van der Waals surface area contributed by atoms with Crippen LogP contribution in [0.25, 0.3) is 0 Å². The third-order valence-electron chi connectivity index (χ3n) is 2.45. The Labute approximate surface area is 107 Å². The van der Waals surface area contributed by atoms with E-state index in [1.807, 2.05) is 13.8 Å². The molecule has 0 saturated carbocycles. The summed E-state index contributed by atoms with van der Waals surface area (Å²) in [6.45, 7) is 5.38. The SMILES string of the molecule is CC(C)=CCNS(=O)(=O)c1cc(N)c(C)c(F)c1. The van der Waals surface area contributed by atoms with E-state index in [4.69, 9.17) is 5.73 Å². The van der Waals surface area contributed by atoms with E-state index in [-0.39, 0.29) is 22.7 Å². The van der Waals surface area contributed by atoms with Gasteiger partial charge in [-0.25, -0.2) is 17.5 Å². The number of nitrogen functional groups attached to an aromatic ring is 1. The molecule has 0 spiro atoms. The summed E-state index contributed by atoms with van der Waals surface area (Å²) in [6.07, 6.45) is 1.73. The van der Waals surface area contributed by atoms with E-state index in [1.165, 1.54) is 13.0 Å². The molecule has 0 fully saturated rings.